The molecule has 4 atom stereocenters. The zero-order chi connectivity index (χ0) is 12.9. The topological polar surface area (TPSA) is 66.8 Å². The Bertz CT molecular complexity index is 396. The van der Waals surface area contributed by atoms with Crippen molar-refractivity contribution in [2.75, 3.05) is 6.54 Å². The van der Waals surface area contributed by atoms with Crippen LogP contribution in [-0.4, -0.2) is 46.2 Å². The van der Waals surface area contributed by atoms with Gasteiger partial charge in [0.25, 0.3) is 0 Å². The van der Waals surface area contributed by atoms with E-state index in [0.29, 0.717) is 19.3 Å². The number of nitrogens with zero attached hydrogens (tertiary/aromatic N) is 1. The predicted molar refractivity (Wildman–Crippen MR) is 62.6 cm³/mol. The minimum atomic E-state index is -0.848. The third-order valence-corrected chi connectivity index (χ3v) is 4.75. The standard InChI is InChI=1S/C13H19NO4/c1-8-11(16)13(18-12(8)17)6-2-3-7-14-9(13)4-5-10(14)15/h8-9,11,16H,2-7H2,1H3/t8-,9-,11-,13-/m0/s1. The SMILES string of the molecule is C[C@@H]1C(=O)O[C@]2(CCCCN3C(=O)CC[C@H]32)[C@H]1O. The molecular weight excluding hydrogens is 234 g/mol. The molecule has 0 aromatic carbocycles. The lowest BCUT2D eigenvalue weighted by molar-refractivity contribution is -0.161. The van der Waals surface area contributed by atoms with E-state index in [1.807, 2.05) is 4.90 Å². The van der Waals surface area contributed by atoms with Gasteiger partial charge in [0.2, 0.25) is 5.91 Å². The lowest BCUT2D eigenvalue weighted by Gasteiger charge is -2.39. The van der Waals surface area contributed by atoms with Gasteiger partial charge >= 0.3 is 5.97 Å². The molecule has 3 aliphatic rings. The van der Waals surface area contributed by atoms with Crippen LogP contribution in [0.5, 0.6) is 0 Å². The quantitative estimate of drug-likeness (QED) is 0.637. The van der Waals surface area contributed by atoms with Crippen molar-refractivity contribution in [2.45, 2.75) is 56.8 Å². The van der Waals surface area contributed by atoms with Crippen molar-refractivity contribution in [1.82, 2.24) is 4.90 Å². The van der Waals surface area contributed by atoms with E-state index in [1.54, 1.807) is 6.92 Å². The second-order valence-corrected chi connectivity index (χ2v) is 5.71. The van der Waals surface area contributed by atoms with Gasteiger partial charge in [-0.25, -0.2) is 0 Å². The van der Waals surface area contributed by atoms with E-state index in [9.17, 15) is 14.7 Å². The van der Waals surface area contributed by atoms with Gasteiger partial charge in [-0.1, -0.05) is 0 Å². The molecule has 0 unspecified atom stereocenters. The second-order valence-electron chi connectivity index (χ2n) is 5.71. The molecular formula is C13H19NO4. The molecule has 0 aromatic heterocycles. The average molecular weight is 253 g/mol. The molecule has 0 bridgehead atoms. The highest BCUT2D eigenvalue weighted by atomic mass is 16.6. The number of esters is 1. The summed E-state index contributed by atoms with van der Waals surface area (Å²) >= 11 is 0. The second kappa shape index (κ2) is 3.95. The molecule has 1 N–H and O–H groups in total. The van der Waals surface area contributed by atoms with E-state index in [2.05, 4.69) is 0 Å². The summed E-state index contributed by atoms with van der Waals surface area (Å²) in [5.74, 6) is -0.687. The van der Waals surface area contributed by atoms with Gasteiger partial charge in [-0.3, -0.25) is 9.59 Å². The third kappa shape index (κ3) is 1.43. The Kier molecular flexibility index (Phi) is 2.62. The van der Waals surface area contributed by atoms with Gasteiger partial charge < -0.3 is 14.7 Å². The number of carbonyl (C=O) groups is 2. The number of ether oxygens (including phenoxy) is 1. The highest BCUT2D eigenvalue weighted by molar-refractivity contribution is 5.80. The predicted octanol–water partition coefficient (Wildman–Crippen LogP) is 0.454. The number of aliphatic hydroxyl groups excluding tert-OH is 1. The zero-order valence-electron chi connectivity index (χ0n) is 10.6. The van der Waals surface area contributed by atoms with Crippen molar-refractivity contribution in [1.29, 1.82) is 0 Å². The van der Waals surface area contributed by atoms with Crippen LogP contribution in [0.3, 0.4) is 0 Å². The van der Waals surface area contributed by atoms with Crippen LogP contribution in [0.2, 0.25) is 0 Å². The highest BCUT2D eigenvalue weighted by Gasteiger charge is 2.61. The first-order chi connectivity index (χ1) is 8.56. The van der Waals surface area contributed by atoms with Crippen molar-refractivity contribution >= 4 is 11.9 Å². The number of rotatable bonds is 0. The molecule has 5 heteroatoms. The number of carbonyl (C=O) groups excluding carboxylic acids is 2. The van der Waals surface area contributed by atoms with Crippen LogP contribution in [0.15, 0.2) is 0 Å². The summed E-state index contributed by atoms with van der Waals surface area (Å²) in [6.07, 6.45) is 2.88. The summed E-state index contributed by atoms with van der Waals surface area (Å²) in [5, 5.41) is 10.4. The molecule has 3 fully saturated rings. The number of fused-ring (bicyclic) bond motifs is 2. The number of hydrogen-bond donors (Lipinski definition) is 1. The van der Waals surface area contributed by atoms with Crippen LogP contribution < -0.4 is 0 Å². The maximum atomic E-state index is 11.9. The first-order valence-electron chi connectivity index (χ1n) is 6.76. The van der Waals surface area contributed by atoms with E-state index < -0.39 is 17.6 Å². The molecule has 0 aromatic rings. The molecule has 1 spiro atoms. The molecule has 18 heavy (non-hydrogen) atoms. The summed E-state index contributed by atoms with van der Waals surface area (Å²) in [6, 6.07) is -0.128. The first kappa shape index (κ1) is 12.0. The third-order valence-electron chi connectivity index (χ3n) is 4.75. The van der Waals surface area contributed by atoms with Gasteiger partial charge in [0.1, 0.15) is 6.10 Å². The summed E-state index contributed by atoms with van der Waals surface area (Å²) in [6.45, 7) is 2.43. The molecule has 3 rings (SSSR count). The average Bonchev–Trinajstić information content (AvgIpc) is 2.73. The fourth-order valence-electron chi connectivity index (χ4n) is 3.73. The Morgan fingerprint density at radius 1 is 1.39 bits per heavy atom. The molecule has 3 saturated heterocycles. The lowest BCUT2D eigenvalue weighted by atomic mass is 9.80. The van der Waals surface area contributed by atoms with Crippen molar-refractivity contribution < 1.29 is 19.4 Å². The van der Waals surface area contributed by atoms with Crippen molar-refractivity contribution in [3.8, 4) is 0 Å². The fourth-order valence-corrected chi connectivity index (χ4v) is 3.73. The molecule has 0 radical (unpaired) electrons. The maximum Gasteiger partial charge on any atom is 0.312 e. The van der Waals surface area contributed by atoms with Crippen LogP contribution in [-0.2, 0) is 14.3 Å². The summed E-state index contributed by atoms with van der Waals surface area (Å²) in [7, 11) is 0. The van der Waals surface area contributed by atoms with Crippen LogP contribution in [0.4, 0.5) is 0 Å². The summed E-state index contributed by atoms with van der Waals surface area (Å²) < 4.78 is 5.57. The van der Waals surface area contributed by atoms with Crippen LogP contribution >= 0.6 is 0 Å². The maximum absolute atomic E-state index is 11.9. The van der Waals surface area contributed by atoms with E-state index in [1.165, 1.54) is 0 Å². The van der Waals surface area contributed by atoms with Crippen molar-refractivity contribution in [2.24, 2.45) is 5.92 Å². The van der Waals surface area contributed by atoms with Gasteiger partial charge in [0, 0.05) is 13.0 Å². The van der Waals surface area contributed by atoms with Crippen LogP contribution in [0, 0.1) is 5.92 Å². The van der Waals surface area contributed by atoms with Gasteiger partial charge in [0.05, 0.1) is 12.0 Å². The van der Waals surface area contributed by atoms with Crippen LogP contribution in [0.1, 0.15) is 39.0 Å². The monoisotopic (exact) mass is 253 g/mol. The Balaban J connectivity index is 1.99. The van der Waals surface area contributed by atoms with Gasteiger partial charge in [0.15, 0.2) is 5.60 Å². The Morgan fingerprint density at radius 2 is 2.17 bits per heavy atom. The van der Waals surface area contributed by atoms with Gasteiger partial charge in [-0.15, -0.1) is 0 Å². The molecule has 3 heterocycles. The van der Waals surface area contributed by atoms with E-state index >= 15 is 0 Å². The molecule has 0 saturated carbocycles. The molecule has 1 amide bonds. The zero-order valence-corrected chi connectivity index (χ0v) is 10.6. The van der Waals surface area contributed by atoms with E-state index in [-0.39, 0.29) is 17.9 Å². The summed E-state index contributed by atoms with van der Waals surface area (Å²) in [5.41, 5.74) is -0.848. The first-order valence-corrected chi connectivity index (χ1v) is 6.76. The summed E-state index contributed by atoms with van der Waals surface area (Å²) in [4.78, 5) is 25.5. The van der Waals surface area contributed by atoms with Crippen molar-refractivity contribution in [3.63, 3.8) is 0 Å². The van der Waals surface area contributed by atoms with Crippen molar-refractivity contribution in [3.05, 3.63) is 0 Å². The highest BCUT2D eigenvalue weighted by Crippen LogP contribution is 2.45. The number of amides is 1. The van der Waals surface area contributed by atoms with Gasteiger partial charge in [-0.2, -0.15) is 0 Å². The Hall–Kier alpha value is -1.10. The molecule has 5 nitrogen and oxygen atoms in total. The minimum Gasteiger partial charge on any atom is -0.454 e. The minimum absolute atomic E-state index is 0.128. The largest absolute Gasteiger partial charge is 0.454 e. The normalized spacial score (nSPS) is 44.1. The van der Waals surface area contributed by atoms with E-state index in [0.717, 1.165) is 19.4 Å². The smallest absolute Gasteiger partial charge is 0.312 e. The van der Waals surface area contributed by atoms with Crippen LogP contribution in [0.25, 0.3) is 0 Å². The fraction of sp³-hybridized carbons (Fsp3) is 0.846. The number of hydrogen-bond acceptors (Lipinski definition) is 4. The molecule has 100 valence electrons. The Morgan fingerprint density at radius 3 is 2.83 bits per heavy atom. The van der Waals surface area contributed by atoms with E-state index in [4.69, 9.17) is 4.74 Å². The molecule has 3 aliphatic heterocycles. The molecule has 0 aliphatic carbocycles. The number of aliphatic hydroxyl groups is 1. The van der Waals surface area contributed by atoms with Gasteiger partial charge in [-0.05, 0) is 32.6 Å². The Labute approximate surface area is 106 Å². The lowest BCUT2D eigenvalue weighted by Crippen LogP contribution is -2.55.